The maximum Gasteiger partial charge on any atom is 0.242 e. The number of hydrogen-bond donors (Lipinski definition) is 1. The third-order valence-electron chi connectivity index (χ3n) is 3.84. The molecule has 21 heavy (non-hydrogen) atoms. The Morgan fingerprint density at radius 2 is 2.00 bits per heavy atom. The Hall–Kier alpha value is -0.360. The van der Waals surface area contributed by atoms with Gasteiger partial charge in [-0.3, -0.25) is 4.79 Å². The highest BCUT2D eigenvalue weighted by atomic mass is 35.5. The van der Waals surface area contributed by atoms with Crippen LogP contribution >= 0.6 is 36.2 Å². The van der Waals surface area contributed by atoms with Crippen molar-refractivity contribution in [1.29, 1.82) is 0 Å². The molecule has 0 bridgehead atoms. The summed E-state index contributed by atoms with van der Waals surface area (Å²) in [6.07, 6.45) is 7.85. The van der Waals surface area contributed by atoms with Crippen LogP contribution in [-0.4, -0.2) is 28.4 Å². The normalized spacial score (nSPS) is 16.5. The van der Waals surface area contributed by atoms with Gasteiger partial charge in [0.15, 0.2) is 0 Å². The Labute approximate surface area is 143 Å². The molecule has 7 heteroatoms. The summed E-state index contributed by atoms with van der Waals surface area (Å²) >= 11 is 1.68. The number of aromatic nitrogens is 1. The number of carbonyl (C=O) groups excluding carboxylic acids is 1. The molecule has 0 saturated heterocycles. The summed E-state index contributed by atoms with van der Waals surface area (Å²) in [6.45, 7) is 2.69. The van der Waals surface area contributed by atoms with Gasteiger partial charge >= 0.3 is 0 Å². The quantitative estimate of drug-likeness (QED) is 0.904. The monoisotopic (exact) mass is 353 g/mol. The molecule has 1 heterocycles. The van der Waals surface area contributed by atoms with Crippen LogP contribution in [0, 0.1) is 0 Å². The molecule has 1 aromatic heterocycles. The van der Waals surface area contributed by atoms with Gasteiger partial charge in [0.25, 0.3) is 0 Å². The van der Waals surface area contributed by atoms with Gasteiger partial charge in [0, 0.05) is 18.1 Å². The molecule has 1 fully saturated rings. The van der Waals surface area contributed by atoms with Gasteiger partial charge in [0.05, 0.1) is 12.1 Å². The first-order valence-electron chi connectivity index (χ1n) is 7.03. The summed E-state index contributed by atoms with van der Waals surface area (Å²) in [6, 6.07) is 0. The average Bonchev–Trinajstić information content (AvgIpc) is 2.86. The van der Waals surface area contributed by atoms with E-state index >= 15 is 0 Å². The first-order valence-corrected chi connectivity index (χ1v) is 7.85. The van der Waals surface area contributed by atoms with Crippen molar-refractivity contribution in [3.8, 4) is 0 Å². The lowest BCUT2D eigenvalue weighted by molar-refractivity contribution is -0.137. The lowest BCUT2D eigenvalue weighted by Crippen LogP contribution is -2.55. The molecular weight excluding hydrogens is 329 g/mol. The van der Waals surface area contributed by atoms with Gasteiger partial charge < -0.3 is 10.6 Å². The van der Waals surface area contributed by atoms with E-state index < -0.39 is 5.54 Å². The van der Waals surface area contributed by atoms with Crippen LogP contribution in [0.5, 0.6) is 0 Å². The number of amides is 1. The van der Waals surface area contributed by atoms with Crippen LogP contribution in [0.15, 0.2) is 6.20 Å². The molecule has 0 radical (unpaired) electrons. The van der Waals surface area contributed by atoms with Gasteiger partial charge in [-0.15, -0.1) is 36.2 Å². The Morgan fingerprint density at radius 1 is 1.38 bits per heavy atom. The number of carbonyl (C=O) groups is 1. The molecule has 0 aromatic carbocycles. The molecule has 0 aliphatic heterocycles. The van der Waals surface area contributed by atoms with Gasteiger partial charge in [0.2, 0.25) is 5.91 Å². The molecule has 0 atom stereocenters. The Bertz CT molecular complexity index is 447. The van der Waals surface area contributed by atoms with Crippen molar-refractivity contribution in [2.45, 2.75) is 57.5 Å². The second-order valence-corrected chi connectivity index (χ2v) is 6.65. The first-order chi connectivity index (χ1) is 9.05. The second kappa shape index (κ2) is 8.93. The zero-order valence-corrected chi connectivity index (χ0v) is 15.1. The largest absolute Gasteiger partial charge is 0.337 e. The third kappa shape index (κ3) is 5.09. The van der Waals surface area contributed by atoms with Crippen LogP contribution in [0.3, 0.4) is 0 Å². The molecule has 1 aliphatic rings. The van der Waals surface area contributed by atoms with E-state index in [1.165, 1.54) is 11.3 Å². The lowest BCUT2D eigenvalue weighted by Gasteiger charge is -2.35. The molecule has 2 rings (SSSR count). The van der Waals surface area contributed by atoms with E-state index in [4.69, 9.17) is 5.73 Å². The number of hydrogen-bond acceptors (Lipinski definition) is 4. The fourth-order valence-electron chi connectivity index (χ4n) is 2.64. The number of rotatable bonds is 4. The molecule has 1 saturated carbocycles. The molecular formula is C14H25Cl2N3OS. The first kappa shape index (κ1) is 20.6. The number of nitrogens with two attached hydrogens (primary N) is 1. The number of nitrogens with zero attached hydrogens (tertiary/aromatic N) is 2. The van der Waals surface area contributed by atoms with Crippen LogP contribution in [0.1, 0.15) is 48.9 Å². The molecule has 1 aliphatic carbocycles. The maximum absolute atomic E-state index is 12.5. The summed E-state index contributed by atoms with van der Waals surface area (Å²) in [5.74, 6) is 0.0699. The number of likely N-dealkylation sites (N-methyl/N-ethyl adjacent to an activating group) is 1. The van der Waals surface area contributed by atoms with Crippen LogP contribution in [0.25, 0.3) is 0 Å². The van der Waals surface area contributed by atoms with Gasteiger partial charge in [-0.05, 0) is 19.3 Å². The lowest BCUT2D eigenvalue weighted by atomic mass is 9.81. The van der Waals surface area contributed by atoms with Gasteiger partial charge in [0.1, 0.15) is 5.01 Å². The molecule has 122 valence electrons. The molecule has 0 spiro atoms. The summed E-state index contributed by atoms with van der Waals surface area (Å²) < 4.78 is 0. The van der Waals surface area contributed by atoms with Gasteiger partial charge in [-0.25, -0.2) is 4.98 Å². The number of aryl methyl sites for hydroxylation is 1. The highest BCUT2D eigenvalue weighted by Crippen LogP contribution is 2.28. The maximum atomic E-state index is 12.5. The van der Waals surface area contributed by atoms with E-state index in [-0.39, 0.29) is 30.7 Å². The Balaban J connectivity index is 0.00000200. The van der Waals surface area contributed by atoms with Crippen LogP contribution in [0.4, 0.5) is 0 Å². The highest BCUT2D eigenvalue weighted by Gasteiger charge is 2.37. The topological polar surface area (TPSA) is 59.2 Å². The molecule has 2 N–H and O–H groups in total. The summed E-state index contributed by atoms with van der Waals surface area (Å²) in [5.41, 5.74) is 5.64. The summed E-state index contributed by atoms with van der Waals surface area (Å²) in [7, 11) is 1.83. The fraction of sp³-hybridized carbons (Fsp3) is 0.714. The van der Waals surface area contributed by atoms with Crippen molar-refractivity contribution < 1.29 is 4.79 Å². The van der Waals surface area contributed by atoms with Crippen LogP contribution < -0.4 is 5.73 Å². The van der Waals surface area contributed by atoms with Crippen molar-refractivity contribution >= 4 is 42.1 Å². The fourth-order valence-corrected chi connectivity index (χ4v) is 3.55. The van der Waals surface area contributed by atoms with Crippen LogP contribution in [-0.2, 0) is 17.8 Å². The smallest absolute Gasteiger partial charge is 0.242 e. The van der Waals surface area contributed by atoms with E-state index in [0.717, 1.165) is 37.1 Å². The Kier molecular flexibility index (Phi) is 8.78. The SMILES string of the molecule is CCc1cnc(CN(C)C(=O)C2(N)CCCCC2)s1.Cl.Cl. The van der Waals surface area contributed by atoms with Crippen molar-refractivity contribution in [2.24, 2.45) is 5.73 Å². The number of thiazole rings is 1. The predicted octanol–water partition coefficient (Wildman–Crippen LogP) is 3.17. The van der Waals surface area contributed by atoms with Crippen LogP contribution in [0.2, 0.25) is 0 Å². The predicted molar refractivity (Wildman–Crippen MR) is 92.5 cm³/mol. The zero-order valence-electron chi connectivity index (χ0n) is 12.6. The van der Waals surface area contributed by atoms with Gasteiger partial charge in [-0.2, -0.15) is 0 Å². The molecule has 0 unspecified atom stereocenters. The Morgan fingerprint density at radius 3 is 2.52 bits per heavy atom. The minimum atomic E-state index is -0.641. The van der Waals surface area contributed by atoms with Crippen molar-refractivity contribution in [1.82, 2.24) is 9.88 Å². The van der Waals surface area contributed by atoms with E-state index in [9.17, 15) is 4.79 Å². The summed E-state index contributed by atoms with van der Waals surface area (Å²) in [4.78, 5) is 19.8. The molecule has 4 nitrogen and oxygen atoms in total. The molecule has 1 aromatic rings. The minimum Gasteiger partial charge on any atom is -0.337 e. The van der Waals surface area contributed by atoms with E-state index in [2.05, 4.69) is 11.9 Å². The number of halogens is 2. The van der Waals surface area contributed by atoms with E-state index in [1.54, 1.807) is 16.2 Å². The minimum absolute atomic E-state index is 0. The standard InChI is InChI=1S/C14H23N3OS.2ClH/c1-3-11-9-16-12(19-11)10-17(2)13(18)14(15)7-5-4-6-8-14;;/h9H,3-8,10,15H2,1-2H3;2*1H. The van der Waals surface area contributed by atoms with Crippen molar-refractivity contribution in [2.75, 3.05) is 7.05 Å². The summed E-state index contributed by atoms with van der Waals surface area (Å²) in [5, 5.41) is 0.993. The molecule has 1 amide bonds. The van der Waals surface area contributed by atoms with E-state index in [1.807, 2.05) is 13.2 Å². The van der Waals surface area contributed by atoms with Crippen molar-refractivity contribution in [3.63, 3.8) is 0 Å². The second-order valence-electron chi connectivity index (χ2n) is 5.45. The van der Waals surface area contributed by atoms with Crippen molar-refractivity contribution in [3.05, 3.63) is 16.1 Å². The highest BCUT2D eigenvalue weighted by molar-refractivity contribution is 7.11. The average molecular weight is 354 g/mol. The van der Waals surface area contributed by atoms with Gasteiger partial charge in [-0.1, -0.05) is 26.2 Å². The third-order valence-corrected chi connectivity index (χ3v) is 4.97. The zero-order chi connectivity index (χ0) is 13.9. The van der Waals surface area contributed by atoms with E-state index in [0.29, 0.717) is 6.54 Å².